The Hall–Kier alpha value is -0.713. The fourth-order valence-electron chi connectivity index (χ4n) is 2.19. The molecule has 5 heteroatoms. The predicted molar refractivity (Wildman–Crippen MR) is 98.2 cm³/mol. The molecular formula is C18H29ClO3Si. The topological polar surface area (TPSA) is 43.4 Å². The molecular weight excluding hydrogens is 328 g/mol. The van der Waals surface area contributed by atoms with Crippen LogP contribution >= 0.6 is 11.6 Å². The first-order valence-corrected chi connectivity index (χ1v) is 11.6. The molecule has 0 fully saturated rings. The highest BCUT2D eigenvalue weighted by molar-refractivity contribution is 6.74. The van der Waals surface area contributed by atoms with Crippen molar-refractivity contribution in [1.29, 1.82) is 0 Å². The number of carbonyl (C=O) groups is 2. The minimum absolute atomic E-state index is 0.0688. The quantitative estimate of drug-likeness (QED) is 0.261. The molecule has 1 unspecified atom stereocenters. The number of unbranched alkanes of at least 4 members (excludes halogenated alkanes) is 1. The maximum absolute atomic E-state index is 12.1. The first kappa shape index (κ1) is 20.3. The summed E-state index contributed by atoms with van der Waals surface area (Å²) in [5.74, 6) is 0.189. The van der Waals surface area contributed by atoms with Crippen LogP contribution in [0.2, 0.25) is 18.1 Å². The van der Waals surface area contributed by atoms with Gasteiger partial charge in [0.25, 0.3) is 0 Å². The molecule has 0 N–H and O–H groups in total. The highest BCUT2D eigenvalue weighted by Gasteiger charge is 2.40. The molecule has 0 aromatic rings. The predicted octanol–water partition coefficient (Wildman–Crippen LogP) is 5.16. The third-order valence-electron chi connectivity index (χ3n) is 4.63. The lowest BCUT2D eigenvalue weighted by molar-refractivity contribution is -0.115. The molecule has 3 nitrogen and oxygen atoms in total. The number of hydrogen-bond donors (Lipinski definition) is 0. The van der Waals surface area contributed by atoms with Crippen LogP contribution in [0.4, 0.5) is 0 Å². The van der Waals surface area contributed by atoms with E-state index in [-0.39, 0.29) is 22.2 Å². The Balaban J connectivity index is 2.50. The van der Waals surface area contributed by atoms with Crippen molar-refractivity contribution in [1.82, 2.24) is 0 Å². The van der Waals surface area contributed by atoms with Crippen molar-refractivity contribution in [2.75, 3.05) is 0 Å². The second kappa shape index (κ2) is 8.40. The van der Waals surface area contributed by atoms with Gasteiger partial charge in [-0.25, -0.2) is 0 Å². The van der Waals surface area contributed by atoms with Gasteiger partial charge in [-0.15, -0.1) is 0 Å². The van der Waals surface area contributed by atoms with Gasteiger partial charge in [-0.05, 0) is 60.6 Å². The summed E-state index contributed by atoms with van der Waals surface area (Å²) >= 11 is 5.29. The van der Waals surface area contributed by atoms with Gasteiger partial charge in [-0.1, -0.05) is 32.9 Å². The van der Waals surface area contributed by atoms with E-state index < -0.39 is 8.32 Å². The molecule has 1 rings (SSSR count). The normalized spacial score (nSPS) is 19.5. The van der Waals surface area contributed by atoms with E-state index in [0.717, 1.165) is 18.4 Å². The molecule has 0 saturated heterocycles. The Labute approximate surface area is 146 Å². The standard InChI is InChI=1S/C18H29ClO3Si/c1-18(2,3)23(4,5)22-15-12-14(16(20)13-15)10-8-6-7-9-11-17(19)21/h6,8,12,15H,7,9-11,13H2,1-5H3/b8-6-. The molecule has 0 spiro atoms. The zero-order valence-electron chi connectivity index (χ0n) is 14.9. The average molecular weight is 357 g/mol. The molecule has 0 bridgehead atoms. The van der Waals surface area contributed by atoms with Crippen LogP contribution in [0.1, 0.15) is 52.9 Å². The number of rotatable bonds is 8. The average Bonchev–Trinajstić information content (AvgIpc) is 2.71. The smallest absolute Gasteiger partial charge is 0.221 e. The van der Waals surface area contributed by atoms with E-state index in [2.05, 4.69) is 33.9 Å². The maximum Gasteiger partial charge on any atom is 0.221 e. The number of Topliss-reactive ketones (excluding diaryl/α,β-unsaturated/α-hetero) is 1. The van der Waals surface area contributed by atoms with Crippen molar-refractivity contribution in [2.24, 2.45) is 0 Å². The second-order valence-electron chi connectivity index (χ2n) is 7.66. The zero-order chi connectivity index (χ0) is 17.7. The van der Waals surface area contributed by atoms with Gasteiger partial charge in [0.05, 0.1) is 6.10 Å². The monoisotopic (exact) mass is 356 g/mol. The van der Waals surface area contributed by atoms with E-state index in [0.29, 0.717) is 19.3 Å². The minimum atomic E-state index is -1.85. The first-order valence-electron chi connectivity index (χ1n) is 8.28. The van der Waals surface area contributed by atoms with Crippen molar-refractivity contribution in [2.45, 2.75) is 77.1 Å². The number of ketones is 1. The third-order valence-corrected chi connectivity index (χ3v) is 9.33. The van der Waals surface area contributed by atoms with Crippen molar-refractivity contribution in [3.63, 3.8) is 0 Å². The Morgan fingerprint density at radius 2 is 2.04 bits per heavy atom. The van der Waals surface area contributed by atoms with Crippen LogP contribution in [-0.2, 0) is 14.0 Å². The van der Waals surface area contributed by atoms with Crippen molar-refractivity contribution < 1.29 is 14.0 Å². The molecule has 0 amide bonds. The van der Waals surface area contributed by atoms with E-state index in [9.17, 15) is 9.59 Å². The minimum Gasteiger partial charge on any atom is -0.410 e. The van der Waals surface area contributed by atoms with E-state index in [4.69, 9.17) is 16.0 Å². The van der Waals surface area contributed by atoms with Gasteiger partial charge >= 0.3 is 0 Å². The van der Waals surface area contributed by atoms with Gasteiger partial charge in [-0.3, -0.25) is 9.59 Å². The summed E-state index contributed by atoms with van der Waals surface area (Å²) in [6.45, 7) is 11.0. The number of halogens is 1. The molecule has 0 aromatic carbocycles. The molecule has 1 atom stereocenters. The van der Waals surface area contributed by atoms with Crippen LogP contribution < -0.4 is 0 Å². The summed E-state index contributed by atoms with van der Waals surface area (Å²) in [5.41, 5.74) is 0.846. The molecule has 0 saturated carbocycles. The Morgan fingerprint density at radius 1 is 1.39 bits per heavy atom. The van der Waals surface area contributed by atoms with Crippen LogP contribution in [0, 0.1) is 0 Å². The van der Waals surface area contributed by atoms with Crippen LogP contribution in [0.25, 0.3) is 0 Å². The van der Waals surface area contributed by atoms with Crippen LogP contribution in [-0.4, -0.2) is 25.4 Å². The number of carbonyl (C=O) groups excluding carboxylic acids is 2. The molecule has 1 aliphatic rings. The summed E-state index contributed by atoms with van der Waals surface area (Å²) < 4.78 is 6.30. The van der Waals surface area contributed by atoms with Crippen LogP contribution in [0.15, 0.2) is 23.8 Å². The van der Waals surface area contributed by atoms with E-state index in [1.807, 2.05) is 18.2 Å². The van der Waals surface area contributed by atoms with Gasteiger partial charge in [0.15, 0.2) is 14.1 Å². The van der Waals surface area contributed by atoms with E-state index >= 15 is 0 Å². The fraction of sp³-hybridized carbons (Fsp3) is 0.667. The maximum atomic E-state index is 12.1. The molecule has 23 heavy (non-hydrogen) atoms. The summed E-state index contributed by atoms with van der Waals surface area (Å²) in [6.07, 6.45) is 9.01. The van der Waals surface area contributed by atoms with Gasteiger partial charge in [0.1, 0.15) is 0 Å². The largest absolute Gasteiger partial charge is 0.410 e. The molecule has 0 aromatic heterocycles. The summed E-state index contributed by atoms with van der Waals surface area (Å²) in [7, 11) is -1.85. The Kier molecular flexibility index (Phi) is 7.43. The molecule has 0 radical (unpaired) electrons. The Bertz CT molecular complexity index is 501. The summed E-state index contributed by atoms with van der Waals surface area (Å²) in [5, 5.41) is -0.149. The lowest BCUT2D eigenvalue weighted by atomic mass is 10.1. The van der Waals surface area contributed by atoms with Crippen LogP contribution in [0.5, 0.6) is 0 Å². The molecule has 130 valence electrons. The first-order chi connectivity index (χ1) is 10.5. The lowest BCUT2D eigenvalue weighted by Crippen LogP contribution is -2.43. The van der Waals surface area contributed by atoms with Gasteiger partial charge in [0, 0.05) is 12.8 Å². The van der Waals surface area contributed by atoms with Gasteiger partial charge < -0.3 is 4.43 Å². The van der Waals surface area contributed by atoms with Crippen molar-refractivity contribution in [3.8, 4) is 0 Å². The van der Waals surface area contributed by atoms with Gasteiger partial charge in [0.2, 0.25) is 5.24 Å². The van der Waals surface area contributed by atoms with Crippen LogP contribution in [0.3, 0.4) is 0 Å². The van der Waals surface area contributed by atoms with Crippen molar-refractivity contribution >= 4 is 30.9 Å². The molecule has 0 heterocycles. The number of allylic oxidation sites excluding steroid dienone is 3. The third kappa shape index (κ3) is 6.74. The molecule has 1 aliphatic carbocycles. The summed E-state index contributed by atoms with van der Waals surface area (Å²) in [6, 6.07) is 0. The number of hydrogen-bond acceptors (Lipinski definition) is 3. The fourth-order valence-corrected chi connectivity index (χ4v) is 3.59. The second-order valence-corrected chi connectivity index (χ2v) is 12.8. The highest BCUT2D eigenvalue weighted by Crippen LogP contribution is 2.38. The summed E-state index contributed by atoms with van der Waals surface area (Å²) in [4.78, 5) is 22.7. The SMILES string of the molecule is CC(C)(C)[Si](C)(C)OC1C=C(C/C=C\CCCC(=O)Cl)C(=O)C1. The Morgan fingerprint density at radius 3 is 2.61 bits per heavy atom. The zero-order valence-corrected chi connectivity index (χ0v) is 16.7. The lowest BCUT2D eigenvalue weighted by Gasteiger charge is -2.37. The van der Waals surface area contributed by atoms with E-state index in [1.54, 1.807) is 0 Å². The van der Waals surface area contributed by atoms with Gasteiger partial charge in [-0.2, -0.15) is 0 Å². The van der Waals surface area contributed by atoms with E-state index in [1.165, 1.54) is 0 Å². The van der Waals surface area contributed by atoms with Crippen molar-refractivity contribution in [3.05, 3.63) is 23.8 Å². The highest BCUT2D eigenvalue weighted by atomic mass is 35.5. The molecule has 0 aliphatic heterocycles.